The molecule has 5 nitrogen and oxygen atoms in total. The summed E-state index contributed by atoms with van der Waals surface area (Å²) >= 11 is 0. The van der Waals surface area contributed by atoms with Crippen molar-refractivity contribution in [1.82, 2.24) is 0 Å². The van der Waals surface area contributed by atoms with Crippen molar-refractivity contribution in [3.8, 4) is 5.75 Å². The first-order chi connectivity index (χ1) is 13.5. The summed E-state index contributed by atoms with van der Waals surface area (Å²) in [7, 11) is 1.57. The maximum Gasteiger partial charge on any atom is 0.257 e. The minimum absolute atomic E-state index is 0.247. The van der Waals surface area contributed by atoms with Crippen molar-refractivity contribution in [3.63, 3.8) is 0 Å². The molecule has 0 heterocycles. The minimum atomic E-state index is -0.315. The smallest absolute Gasteiger partial charge is 0.257 e. The number of methoxy groups -OCH3 is 1. The zero-order chi connectivity index (χ0) is 20.1. The van der Waals surface area contributed by atoms with Gasteiger partial charge in [0.15, 0.2) is 0 Å². The standard InChI is InChI=1S/C23H22N2O3/c1-15-8-6-12-19(16(15)2)22(26)25-21-13-5-4-11-20(21)23(27)24-17-9-7-10-18(14-17)28-3/h4-14H,1-3H3,(H,24,27)(H,25,26). The van der Waals surface area contributed by atoms with Crippen LogP contribution in [-0.2, 0) is 0 Å². The van der Waals surface area contributed by atoms with Gasteiger partial charge in [0.05, 0.1) is 18.4 Å². The molecule has 0 saturated carbocycles. The molecule has 3 aromatic rings. The highest BCUT2D eigenvalue weighted by Gasteiger charge is 2.16. The Morgan fingerprint density at radius 1 is 0.786 bits per heavy atom. The zero-order valence-corrected chi connectivity index (χ0v) is 16.1. The van der Waals surface area contributed by atoms with Crippen LogP contribution in [0.15, 0.2) is 66.7 Å². The molecule has 0 aliphatic heterocycles. The molecule has 0 unspecified atom stereocenters. The molecular weight excluding hydrogens is 352 g/mol. The monoisotopic (exact) mass is 374 g/mol. The van der Waals surface area contributed by atoms with E-state index < -0.39 is 0 Å². The Kier molecular flexibility index (Phi) is 5.75. The molecule has 5 heteroatoms. The summed E-state index contributed by atoms with van der Waals surface area (Å²) in [5.74, 6) is 0.0854. The highest BCUT2D eigenvalue weighted by Crippen LogP contribution is 2.22. The van der Waals surface area contributed by atoms with Gasteiger partial charge in [-0.15, -0.1) is 0 Å². The molecule has 142 valence electrons. The second-order valence-corrected chi connectivity index (χ2v) is 6.43. The van der Waals surface area contributed by atoms with Gasteiger partial charge in [0.1, 0.15) is 5.75 Å². The van der Waals surface area contributed by atoms with Crippen molar-refractivity contribution in [3.05, 3.63) is 89.0 Å². The number of hydrogen-bond acceptors (Lipinski definition) is 3. The van der Waals surface area contributed by atoms with Crippen LogP contribution in [0, 0.1) is 13.8 Å². The number of benzene rings is 3. The van der Waals surface area contributed by atoms with E-state index >= 15 is 0 Å². The van der Waals surface area contributed by atoms with Crippen LogP contribution in [0.3, 0.4) is 0 Å². The van der Waals surface area contributed by atoms with Crippen LogP contribution < -0.4 is 15.4 Å². The summed E-state index contributed by atoms with van der Waals surface area (Å²) in [6.07, 6.45) is 0. The van der Waals surface area contributed by atoms with Gasteiger partial charge < -0.3 is 15.4 Å². The van der Waals surface area contributed by atoms with Gasteiger partial charge in [-0.2, -0.15) is 0 Å². The fraction of sp³-hybridized carbons (Fsp3) is 0.130. The molecule has 0 aromatic heterocycles. The number of ether oxygens (including phenoxy) is 1. The second kappa shape index (κ2) is 8.39. The SMILES string of the molecule is COc1cccc(NC(=O)c2ccccc2NC(=O)c2cccc(C)c2C)c1. The lowest BCUT2D eigenvalue weighted by Crippen LogP contribution is -2.19. The first-order valence-corrected chi connectivity index (χ1v) is 8.91. The van der Waals surface area contributed by atoms with E-state index in [1.165, 1.54) is 0 Å². The third kappa shape index (κ3) is 4.20. The molecule has 0 aliphatic rings. The number of nitrogens with one attached hydrogen (secondary N) is 2. The van der Waals surface area contributed by atoms with E-state index in [4.69, 9.17) is 4.74 Å². The summed E-state index contributed by atoms with van der Waals surface area (Å²) in [5, 5.41) is 5.70. The maximum atomic E-state index is 12.8. The largest absolute Gasteiger partial charge is 0.497 e. The van der Waals surface area contributed by atoms with Crippen molar-refractivity contribution in [2.24, 2.45) is 0 Å². The molecule has 0 spiro atoms. The van der Waals surface area contributed by atoms with E-state index in [2.05, 4.69) is 10.6 Å². The topological polar surface area (TPSA) is 67.4 Å². The average Bonchev–Trinajstić information content (AvgIpc) is 2.70. The third-order valence-electron chi connectivity index (χ3n) is 4.60. The molecule has 2 amide bonds. The number of hydrogen-bond donors (Lipinski definition) is 2. The van der Waals surface area contributed by atoms with E-state index in [1.807, 2.05) is 26.0 Å². The van der Waals surface area contributed by atoms with Crippen molar-refractivity contribution < 1.29 is 14.3 Å². The number of rotatable bonds is 5. The molecule has 2 N–H and O–H groups in total. The Bertz CT molecular complexity index is 1030. The van der Waals surface area contributed by atoms with Crippen molar-refractivity contribution in [2.45, 2.75) is 13.8 Å². The van der Waals surface area contributed by atoms with Crippen LogP contribution in [-0.4, -0.2) is 18.9 Å². The molecule has 0 aliphatic carbocycles. The lowest BCUT2D eigenvalue weighted by Gasteiger charge is -2.13. The fourth-order valence-electron chi connectivity index (χ4n) is 2.88. The number of carbonyl (C=O) groups excluding carboxylic acids is 2. The summed E-state index contributed by atoms with van der Waals surface area (Å²) in [4.78, 5) is 25.5. The van der Waals surface area contributed by atoms with Gasteiger partial charge in [0.25, 0.3) is 11.8 Å². The van der Waals surface area contributed by atoms with Gasteiger partial charge in [-0.3, -0.25) is 9.59 Å². The predicted octanol–water partition coefficient (Wildman–Crippen LogP) is 4.82. The third-order valence-corrected chi connectivity index (χ3v) is 4.60. The molecule has 0 fully saturated rings. The van der Waals surface area contributed by atoms with Crippen LogP contribution in [0.4, 0.5) is 11.4 Å². The lowest BCUT2D eigenvalue weighted by molar-refractivity contribution is 0.102. The highest BCUT2D eigenvalue weighted by molar-refractivity contribution is 6.12. The predicted molar refractivity (Wildman–Crippen MR) is 111 cm³/mol. The summed E-state index contributed by atoms with van der Waals surface area (Å²) in [6, 6.07) is 19.6. The Labute approximate surface area is 164 Å². The normalized spacial score (nSPS) is 10.2. The van der Waals surface area contributed by atoms with Gasteiger partial charge in [-0.1, -0.05) is 30.3 Å². The quantitative estimate of drug-likeness (QED) is 0.673. The number of aryl methyl sites for hydroxylation is 1. The van der Waals surface area contributed by atoms with E-state index in [9.17, 15) is 9.59 Å². The molecule has 0 bridgehead atoms. The molecule has 3 aromatic carbocycles. The number of carbonyl (C=O) groups is 2. The fourth-order valence-corrected chi connectivity index (χ4v) is 2.88. The number of anilines is 2. The molecular formula is C23H22N2O3. The molecule has 0 radical (unpaired) electrons. The van der Waals surface area contributed by atoms with E-state index in [-0.39, 0.29) is 11.8 Å². The Hall–Kier alpha value is -3.60. The summed E-state index contributed by atoms with van der Waals surface area (Å²) < 4.78 is 5.18. The Morgan fingerprint density at radius 3 is 2.25 bits per heavy atom. The first kappa shape index (κ1) is 19.2. The van der Waals surface area contributed by atoms with Crippen molar-refractivity contribution in [1.29, 1.82) is 0 Å². The lowest BCUT2D eigenvalue weighted by atomic mass is 10.0. The molecule has 3 rings (SSSR count). The van der Waals surface area contributed by atoms with Crippen LogP contribution in [0.1, 0.15) is 31.8 Å². The number of amides is 2. The van der Waals surface area contributed by atoms with Crippen LogP contribution in [0.5, 0.6) is 5.75 Å². The van der Waals surface area contributed by atoms with Crippen LogP contribution >= 0.6 is 0 Å². The van der Waals surface area contributed by atoms with Gasteiger partial charge in [0.2, 0.25) is 0 Å². The van der Waals surface area contributed by atoms with Gasteiger partial charge in [-0.25, -0.2) is 0 Å². The van der Waals surface area contributed by atoms with Crippen LogP contribution in [0.25, 0.3) is 0 Å². The Balaban J connectivity index is 1.83. The average molecular weight is 374 g/mol. The first-order valence-electron chi connectivity index (χ1n) is 8.91. The second-order valence-electron chi connectivity index (χ2n) is 6.43. The summed E-state index contributed by atoms with van der Waals surface area (Å²) in [6.45, 7) is 3.87. The van der Waals surface area contributed by atoms with Gasteiger partial charge >= 0.3 is 0 Å². The number of para-hydroxylation sites is 1. The zero-order valence-electron chi connectivity index (χ0n) is 16.1. The van der Waals surface area contributed by atoms with Gasteiger partial charge in [0, 0.05) is 17.3 Å². The van der Waals surface area contributed by atoms with Crippen molar-refractivity contribution >= 4 is 23.2 Å². The van der Waals surface area contributed by atoms with Crippen LogP contribution in [0.2, 0.25) is 0 Å². The van der Waals surface area contributed by atoms with E-state index in [1.54, 1.807) is 61.7 Å². The molecule has 0 saturated heterocycles. The molecule has 0 atom stereocenters. The van der Waals surface area contributed by atoms with Gasteiger partial charge in [-0.05, 0) is 55.3 Å². The maximum absolute atomic E-state index is 12.8. The van der Waals surface area contributed by atoms with E-state index in [0.717, 1.165) is 11.1 Å². The molecule has 28 heavy (non-hydrogen) atoms. The summed E-state index contributed by atoms with van der Waals surface area (Å²) in [5.41, 5.74) is 3.98. The minimum Gasteiger partial charge on any atom is -0.497 e. The highest BCUT2D eigenvalue weighted by atomic mass is 16.5. The van der Waals surface area contributed by atoms with E-state index in [0.29, 0.717) is 28.3 Å². The Morgan fingerprint density at radius 2 is 1.46 bits per heavy atom. The van der Waals surface area contributed by atoms with Crippen molar-refractivity contribution in [2.75, 3.05) is 17.7 Å².